The molecule has 2 aromatic heterocycles. The van der Waals surface area contributed by atoms with Crippen LogP contribution in [-0.2, 0) is 0 Å². The normalized spacial score (nSPS) is 17.2. The van der Waals surface area contributed by atoms with E-state index in [1.807, 2.05) is 32.9 Å². The molecule has 0 N–H and O–H groups in total. The maximum Gasteiger partial charge on any atom is 0.295 e. The maximum absolute atomic E-state index is 11.4. The summed E-state index contributed by atoms with van der Waals surface area (Å²) in [6.07, 6.45) is 1.91. The van der Waals surface area contributed by atoms with Crippen LogP contribution in [0.4, 0.5) is 11.4 Å². The van der Waals surface area contributed by atoms with E-state index in [4.69, 9.17) is 4.52 Å². The molecule has 1 saturated heterocycles. The van der Waals surface area contributed by atoms with E-state index in [1.165, 1.54) is 6.07 Å². The summed E-state index contributed by atoms with van der Waals surface area (Å²) in [4.78, 5) is 22.3. The SMILES string of the molecule is Cc1cc(N2CCCC2c2noc(C(C)C)n2)c2cccc([N+](=O)[O-])c2n1. The predicted octanol–water partition coefficient (Wildman–Crippen LogP) is 4.30. The van der Waals surface area contributed by atoms with Gasteiger partial charge in [0.05, 0.1) is 11.0 Å². The van der Waals surface area contributed by atoms with Crippen molar-refractivity contribution in [3.63, 3.8) is 0 Å². The van der Waals surface area contributed by atoms with Crippen LogP contribution in [0.2, 0.25) is 0 Å². The Bertz CT molecular complexity index is 1010. The molecule has 1 fully saturated rings. The molecule has 140 valence electrons. The second kappa shape index (κ2) is 6.61. The Morgan fingerprint density at radius 1 is 1.33 bits per heavy atom. The first-order chi connectivity index (χ1) is 13.0. The highest BCUT2D eigenvalue weighted by Crippen LogP contribution is 2.40. The molecule has 1 unspecified atom stereocenters. The molecule has 0 amide bonds. The van der Waals surface area contributed by atoms with Crippen LogP contribution in [0.5, 0.6) is 0 Å². The molecule has 1 aliphatic heterocycles. The molecular formula is C19H21N5O3. The fraction of sp³-hybridized carbons (Fsp3) is 0.421. The second-order valence-electron chi connectivity index (χ2n) is 7.21. The Labute approximate surface area is 156 Å². The molecule has 0 bridgehead atoms. The summed E-state index contributed by atoms with van der Waals surface area (Å²) >= 11 is 0. The monoisotopic (exact) mass is 367 g/mol. The van der Waals surface area contributed by atoms with E-state index in [1.54, 1.807) is 6.07 Å². The maximum atomic E-state index is 11.4. The van der Waals surface area contributed by atoms with Crippen LogP contribution in [0.1, 0.15) is 56.1 Å². The highest BCUT2D eigenvalue weighted by molar-refractivity contribution is 5.97. The number of pyridine rings is 1. The number of aryl methyl sites for hydroxylation is 1. The van der Waals surface area contributed by atoms with E-state index in [0.29, 0.717) is 17.2 Å². The van der Waals surface area contributed by atoms with Crippen molar-refractivity contribution in [2.45, 2.75) is 45.6 Å². The number of hydrogen-bond acceptors (Lipinski definition) is 7. The van der Waals surface area contributed by atoms with Gasteiger partial charge in [-0.15, -0.1) is 0 Å². The van der Waals surface area contributed by atoms with Gasteiger partial charge in [-0.2, -0.15) is 4.98 Å². The van der Waals surface area contributed by atoms with Crippen LogP contribution in [0, 0.1) is 17.0 Å². The molecule has 0 aliphatic carbocycles. The van der Waals surface area contributed by atoms with Crippen molar-refractivity contribution in [2.75, 3.05) is 11.4 Å². The lowest BCUT2D eigenvalue weighted by molar-refractivity contribution is -0.383. The third-order valence-corrected chi connectivity index (χ3v) is 4.93. The van der Waals surface area contributed by atoms with Gasteiger partial charge in [0, 0.05) is 35.3 Å². The van der Waals surface area contributed by atoms with Crippen LogP contribution >= 0.6 is 0 Å². The summed E-state index contributed by atoms with van der Waals surface area (Å²) in [6.45, 7) is 6.72. The molecule has 0 spiro atoms. The molecule has 3 aromatic rings. The zero-order valence-corrected chi connectivity index (χ0v) is 15.5. The van der Waals surface area contributed by atoms with E-state index in [-0.39, 0.29) is 22.6 Å². The topological polar surface area (TPSA) is 98.2 Å². The Hall–Kier alpha value is -3.03. The van der Waals surface area contributed by atoms with E-state index < -0.39 is 0 Å². The smallest absolute Gasteiger partial charge is 0.295 e. The van der Waals surface area contributed by atoms with Crippen molar-refractivity contribution < 1.29 is 9.45 Å². The molecule has 3 heterocycles. The molecule has 0 radical (unpaired) electrons. The summed E-state index contributed by atoms with van der Waals surface area (Å²) < 4.78 is 5.40. The molecule has 8 heteroatoms. The van der Waals surface area contributed by atoms with Crippen LogP contribution in [0.3, 0.4) is 0 Å². The lowest BCUT2D eigenvalue weighted by atomic mass is 10.1. The van der Waals surface area contributed by atoms with E-state index in [9.17, 15) is 10.1 Å². The molecule has 1 aliphatic rings. The molecule has 4 rings (SSSR count). The van der Waals surface area contributed by atoms with Gasteiger partial charge in [0.1, 0.15) is 0 Å². The highest BCUT2D eigenvalue weighted by atomic mass is 16.6. The van der Waals surface area contributed by atoms with Crippen molar-refractivity contribution in [3.05, 3.63) is 51.8 Å². The fourth-order valence-electron chi connectivity index (χ4n) is 3.67. The van der Waals surface area contributed by atoms with Crippen molar-refractivity contribution in [2.24, 2.45) is 0 Å². The molecule has 8 nitrogen and oxygen atoms in total. The quantitative estimate of drug-likeness (QED) is 0.501. The summed E-state index contributed by atoms with van der Waals surface area (Å²) in [5, 5.41) is 16.4. The van der Waals surface area contributed by atoms with Crippen LogP contribution in [0.15, 0.2) is 28.8 Å². The first kappa shape index (κ1) is 17.4. The number of fused-ring (bicyclic) bond motifs is 1. The molecule has 27 heavy (non-hydrogen) atoms. The van der Waals surface area contributed by atoms with Crippen molar-refractivity contribution in [1.82, 2.24) is 15.1 Å². The predicted molar refractivity (Wildman–Crippen MR) is 101 cm³/mol. The van der Waals surface area contributed by atoms with E-state index in [0.717, 1.165) is 36.2 Å². The van der Waals surface area contributed by atoms with Crippen LogP contribution < -0.4 is 4.90 Å². The van der Waals surface area contributed by atoms with Gasteiger partial charge in [0.2, 0.25) is 5.89 Å². The number of benzene rings is 1. The first-order valence-corrected chi connectivity index (χ1v) is 9.10. The molecular weight excluding hydrogens is 346 g/mol. The Balaban J connectivity index is 1.83. The Kier molecular flexibility index (Phi) is 4.25. The Morgan fingerprint density at radius 3 is 2.85 bits per heavy atom. The molecule has 0 saturated carbocycles. The minimum absolute atomic E-state index is 0.00878. The standard InChI is InChI=1S/C19H21N5O3/c1-11(2)19-21-18(22-27-19)15-8-5-9-23(15)16-10-12(3)20-17-13(16)6-4-7-14(17)24(25)26/h4,6-7,10-11,15H,5,8-9H2,1-3H3. The van der Waals surface area contributed by atoms with Crippen molar-refractivity contribution in [1.29, 1.82) is 0 Å². The van der Waals surface area contributed by atoms with Gasteiger partial charge < -0.3 is 9.42 Å². The number of para-hydroxylation sites is 1. The second-order valence-corrected chi connectivity index (χ2v) is 7.21. The zero-order valence-electron chi connectivity index (χ0n) is 15.5. The number of nitro groups is 1. The summed E-state index contributed by atoms with van der Waals surface area (Å²) in [6, 6.07) is 7.06. The lowest BCUT2D eigenvalue weighted by Crippen LogP contribution is -2.24. The average molecular weight is 367 g/mol. The highest BCUT2D eigenvalue weighted by Gasteiger charge is 2.32. The summed E-state index contributed by atoms with van der Waals surface area (Å²) in [5.74, 6) is 1.47. The lowest BCUT2D eigenvalue weighted by Gasteiger charge is -2.26. The zero-order chi connectivity index (χ0) is 19.1. The van der Waals surface area contributed by atoms with Crippen LogP contribution in [0.25, 0.3) is 10.9 Å². The van der Waals surface area contributed by atoms with Gasteiger partial charge in [-0.3, -0.25) is 10.1 Å². The number of non-ortho nitro benzene ring substituents is 1. The third-order valence-electron chi connectivity index (χ3n) is 4.93. The minimum atomic E-state index is -0.381. The fourth-order valence-corrected chi connectivity index (χ4v) is 3.67. The minimum Gasteiger partial charge on any atom is -0.361 e. The van der Waals surface area contributed by atoms with E-state index in [2.05, 4.69) is 20.0 Å². The molecule has 1 aromatic carbocycles. The summed E-state index contributed by atoms with van der Waals surface area (Å²) in [7, 11) is 0. The number of rotatable bonds is 4. The summed E-state index contributed by atoms with van der Waals surface area (Å²) in [5.41, 5.74) is 2.11. The van der Waals surface area contributed by atoms with Gasteiger partial charge in [-0.05, 0) is 25.8 Å². The first-order valence-electron chi connectivity index (χ1n) is 9.10. The number of nitro benzene ring substituents is 1. The van der Waals surface area contributed by atoms with E-state index >= 15 is 0 Å². The van der Waals surface area contributed by atoms with Gasteiger partial charge in [-0.1, -0.05) is 31.1 Å². The number of hydrogen-bond donors (Lipinski definition) is 0. The van der Waals surface area contributed by atoms with Gasteiger partial charge in [0.15, 0.2) is 11.3 Å². The Morgan fingerprint density at radius 2 is 2.15 bits per heavy atom. The molecule has 1 atom stereocenters. The van der Waals surface area contributed by atoms with Gasteiger partial charge in [-0.25, -0.2) is 4.98 Å². The van der Waals surface area contributed by atoms with Gasteiger partial charge >= 0.3 is 0 Å². The van der Waals surface area contributed by atoms with Gasteiger partial charge in [0.25, 0.3) is 5.69 Å². The number of aromatic nitrogens is 3. The average Bonchev–Trinajstić information content (AvgIpc) is 3.29. The van der Waals surface area contributed by atoms with Crippen LogP contribution in [-0.4, -0.2) is 26.6 Å². The largest absolute Gasteiger partial charge is 0.361 e. The third kappa shape index (κ3) is 3.01. The van der Waals surface area contributed by atoms with Crippen molar-refractivity contribution in [3.8, 4) is 0 Å². The van der Waals surface area contributed by atoms with Crippen molar-refractivity contribution >= 4 is 22.3 Å². The number of nitrogens with zero attached hydrogens (tertiary/aromatic N) is 5. The number of anilines is 1.